The summed E-state index contributed by atoms with van der Waals surface area (Å²) in [5.41, 5.74) is 3.44. The first-order valence-corrected chi connectivity index (χ1v) is 7.25. The van der Waals surface area contributed by atoms with Gasteiger partial charge in [0.25, 0.3) is 0 Å². The number of hydrogen-bond donors (Lipinski definition) is 2. The summed E-state index contributed by atoms with van der Waals surface area (Å²) in [6, 6.07) is 16.2. The van der Waals surface area contributed by atoms with Gasteiger partial charge in [-0.05, 0) is 36.1 Å². The molecule has 0 heterocycles. The van der Waals surface area contributed by atoms with Crippen LogP contribution in [0, 0.1) is 6.92 Å². The molecule has 0 amide bonds. The minimum absolute atomic E-state index is 0.375. The molecule has 0 radical (unpaired) electrons. The third-order valence-electron chi connectivity index (χ3n) is 3.50. The van der Waals surface area contributed by atoms with Crippen LogP contribution in [0.15, 0.2) is 48.5 Å². The van der Waals surface area contributed by atoms with Crippen molar-refractivity contribution in [3.05, 3.63) is 65.2 Å². The van der Waals surface area contributed by atoms with Gasteiger partial charge in [0.2, 0.25) is 0 Å². The molecule has 0 aliphatic carbocycles. The molecule has 21 heavy (non-hydrogen) atoms. The fraction of sp³-hybridized carbons (Fsp3) is 0.333. The van der Waals surface area contributed by atoms with Crippen molar-refractivity contribution in [1.29, 1.82) is 0 Å². The Bertz CT molecular complexity index is 554. The predicted octanol–water partition coefficient (Wildman–Crippen LogP) is 2.70. The van der Waals surface area contributed by atoms with Gasteiger partial charge in [0.1, 0.15) is 5.75 Å². The van der Waals surface area contributed by atoms with Crippen molar-refractivity contribution >= 4 is 0 Å². The van der Waals surface area contributed by atoms with Crippen molar-refractivity contribution in [2.75, 3.05) is 13.7 Å². The number of rotatable bonds is 7. The van der Waals surface area contributed by atoms with Crippen LogP contribution in [-0.2, 0) is 13.0 Å². The van der Waals surface area contributed by atoms with Gasteiger partial charge in [0.15, 0.2) is 0 Å². The van der Waals surface area contributed by atoms with E-state index in [1.165, 1.54) is 0 Å². The van der Waals surface area contributed by atoms with Gasteiger partial charge < -0.3 is 15.2 Å². The molecule has 0 fully saturated rings. The average Bonchev–Trinajstić information content (AvgIpc) is 2.50. The second kappa shape index (κ2) is 7.81. The highest BCUT2D eigenvalue weighted by Crippen LogP contribution is 2.18. The Balaban J connectivity index is 1.78. The van der Waals surface area contributed by atoms with Crippen LogP contribution in [0.4, 0.5) is 0 Å². The van der Waals surface area contributed by atoms with Crippen LogP contribution in [0.3, 0.4) is 0 Å². The van der Waals surface area contributed by atoms with Gasteiger partial charge in [-0.25, -0.2) is 0 Å². The van der Waals surface area contributed by atoms with Crippen molar-refractivity contribution < 1.29 is 9.84 Å². The first kappa shape index (κ1) is 15.5. The van der Waals surface area contributed by atoms with E-state index in [4.69, 9.17) is 4.74 Å². The minimum Gasteiger partial charge on any atom is -0.496 e. The number of aliphatic hydroxyl groups excluding tert-OH is 1. The second-order valence-corrected chi connectivity index (χ2v) is 5.28. The molecular weight excluding hydrogens is 262 g/mol. The number of methoxy groups -OCH3 is 1. The average molecular weight is 285 g/mol. The minimum atomic E-state index is -0.375. The first-order valence-electron chi connectivity index (χ1n) is 7.25. The van der Waals surface area contributed by atoms with Crippen molar-refractivity contribution in [2.45, 2.75) is 26.0 Å². The summed E-state index contributed by atoms with van der Waals surface area (Å²) in [4.78, 5) is 0. The summed E-state index contributed by atoms with van der Waals surface area (Å²) >= 11 is 0. The third-order valence-corrected chi connectivity index (χ3v) is 3.50. The maximum atomic E-state index is 10.0. The van der Waals surface area contributed by atoms with E-state index in [1.807, 2.05) is 43.3 Å². The molecule has 0 saturated carbocycles. The van der Waals surface area contributed by atoms with Gasteiger partial charge >= 0.3 is 0 Å². The molecule has 0 bridgehead atoms. The molecule has 112 valence electrons. The number of nitrogens with one attached hydrogen (secondary N) is 1. The Labute approximate surface area is 126 Å². The normalized spacial score (nSPS) is 12.1. The molecule has 0 aromatic heterocycles. The maximum Gasteiger partial charge on any atom is 0.122 e. The van der Waals surface area contributed by atoms with Crippen LogP contribution in [0.1, 0.15) is 16.7 Å². The van der Waals surface area contributed by atoms with E-state index in [-0.39, 0.29) is 6.10 Å². The summed E-state index contributed by atoms with van der Waals surface area (Å²) in [5.74, 6) is 0.902. The van der Waals surface area contributed by atoms with E-state index in [0.29, 0.717) is 13.0 Å². The molecule has 0 saturated heterocycles. The molecule has 2 aromatic carbocycles. The zero-order chi connectivity index (χ0) is 15.1. The Hall–Kier alpha value is -1.84. The van der Waals surface area contributed by atoms with E-state index in [9.17, 15) is 5.11 Å². The van der Waals surface area contributed by atoms with Gasteiger partial charge in [-0.1, -0.05) is 42.5 Å². The highest BCUT2D eigenvalue weighted by Gasteiger charge is 2.05. The molecule has 0 spiro atoms. The second-order valence-electron chi connectivity index (χ2n) is 5.28. The summed E-state index contributed by atoms with van der Waals surface area (Å²) in [6.07, 6.45) is 0.296. The highest BCUT2D eigenvalue weighted by molar-refractivity contribution is 5.36. The quantitative estimate of drug-likeness (QED) is 0.822. The Kier molecular flexibility index (Phi) is 5.78. The van der Waals surface area contributed by atoms with E-state index in [0.717, 1.165) is 29.0 Å². The van der Waals surface area contributed by atoms with Crippen LogP contribution in [-0.4, -0.2) is 24.9 Å². The van der Waals surface area contributed by atoms with Crippen molar-refractivity contribution in [2.24, 2.45) is 0 Å². The summed E-state index contributed by atoms with van der Waals surface area (Å²) < 4.78 is 5.31. The Morgan fingerprint density at radius 3 is 2.57 bits per heavy atom. The van der Waals surface area contributed by atoms with Crippen molar-refractivity contribution in [3.8, 4) is 5.75 Å². The smallest absolute Gasteiger partial charge is 0.122 e. The lowest BCUT2D eigenvalue weighted by Gasteiger charge is -2.13. The zero-order valence-electron chi connectivity index (χ0n) is 12.7. The number of hydrogen-bond acceptors (Lipinski definition) is 3. The lowest BCUT2D eigenvalue weighted by Crippen LogP contribution is -2.28. The lowest BCUT2D eigenvalue weighted by molar-refractivity contribution is 0.171. The molecule has 2 aromatic rings. The number of ether oxygens (including phenoxy) is 1. The Morgan fingerprint density at radius 1 is 1.10 bits per heavy atom. The molecular formula is C18H23NO2. The van der Waals surface area contributed by atoms with Crippen molar-refractivity contribution in [1.82, 2.24) is 5.32 Å². The fourth-order valence-electron chi connectivity index (χ4n) is 2.32. The maximum absolute atomic E-state index is 10.0. The van der Waals surface area contributed by atoms with Crippen LogP contribution in [0.2, 0.25) is 0 Å². The van der Waals surface area contributed by atoms with Gasteiger partial charge in [-0.2, -0.15) is 0 Å². The summed E-state index contributed by atoms with van der Waals surface area (Å²) in [5, 5.41) is 13.3. The SMILES string of the molecule is COc1cc(CNCC(O)Cc2ccccc2)ccc1C. The van der Waals surface area contributed by atoms with Gasteiger partial charge in [0.05, 0.1) is 13.2 Å². The highest BCUT2D eigenvalue weighted by atomic mass is 16.5. The molecule has 1 unspecified atom stereocenters. The van der Waals surface area contributed by atoms with Crippen LogP contribution < -0.4 is 10.1 Å². The van der Waals surface area contributed by atoms with Crippen LogP contribution in [0.25, 0.3) is 0 Å². The molecule has 3 heteroatoms. The fourth-order valence-corrected chi connectivity index (χ4v) is 2.32. The summed E-state index contributed by atoms with van der Waals surface area (Å²) in [6.45, 7) is 3.33. The monoisotopic (exact) mass is 285 g/mol. The molecule has 2 rings (SSSR count). The number of aliphatic hydroxyl groups is 1. The predicted molar refractivity (Wildman–Crippen MR) is 85.6 cm³/mol. The van der Waals surface area contributed by atoms with E-state index < -0.39 is 0 Å². The third kappa shape index (κ3) is 4.88. The Morgan fingerprint density at radius 2 is 1.86 bits per heavy atom. The molecule has 0 aliphatic rings. The lowest BCUT2D eigenvalue weighted by atomic mass is 10.1. The molecule has 3 nitrogen and oxygen atoms in total. The van der Waals surface area contributed by atoms with E-state index >= 15 is 0 Å². The number of benzene rings is 2. The summed E-state index contributed by atoms with van der Waals surface area (Å²) in [7, 11) is 1.68. The van der Waals surface area contributed by atoms with E-state index in [1.54, 1.807) is 7.11 Å². The molecule has 1 atom stereocenters. The van der Waals surface area contributed by atoms with Crippen LogP contribution >= 0.6 is 0 Å². The molecule has 0 aliphatic heterocycles. The van der Waals surface area contributed by atoms with Gasteiger partial charge in [-0.15, -0.1) is 0 Å². The van der Waals surface area contributed by atoms with E-state index in [2.05, 4.69) is 17.4 Å². The molecule has 2 N–H and O–H groups in total. The van der Waals surface area contributed by atoms with Gasteiger partial charge in [0, 0.05) is 13.1 Å². The first-order chi connectivity index (χ1) is 10.2. The number of aryl methyl sites for hydroxylation is 1. The van der Waals surface area contributed by atoms with Crippen molar-refractivity contribution in [3.63, 3.8) is 0 Å². The van der Waals surface area contributed by atoms with Gasteiger partial charge in [-0.3, -0.25) is 0 Å². The largest absolute Gasteiger partial charge is 0.496 e. The standard InChI is InChI=1S/C18H23NO2/c1-14-8-9-16(11-18(14)21-2)12-19-13-17(20)10-15-6-4-3-5-7-15/h3-9,11,17,19-20H,10,12-13H2,1-2H3. The van der Waals surface area contributed by atoms with Crippen LogP contribution in [0.5, 0.6) is 5.75 Å². The topological polar surface area (TPSA) is 41.5 Å². The zero-order valence-corrected chi connectivity index (χ0v) is 12.7.